The number of ether oxygens (including phenoxy) is 1. The van der Waals surface area contributed by atoms with Crippen LogP contribution in [0, 0.1) is 0 Å². The molecule has 1 atom stereocenters. The number of carboxylic acids is 1. The van der Waals surface area contributed by atoms with Gasteiger partial charge in [-0.3, -0.25) is 4.79 Å². The number of benzene rings is 1. The first-order valence-electron chi connectivity index (χ1n) is 5.32. The Kier molecular flexibility index (Phi) is 5.09. The molecule has 0 amide bonds. The zero-order valence-corrected chi connectivity index (χ0v) is 12.2. The van der Waals surface area contributed by atoms with Crippen LogP contribution in [0.2, 0.25) is 5.02 Å². The van der Waals surface area contributed by atoms with E-state index in [2.05, 4.69) is 4.74 Å². The lowest BCUT2D eigenvalue weighted by atomic mass is 10.2. The van der Waals surface area contributed by atoms with Crippen molar-refractivity contribution in [1.82, 2.24) is 4.72 Å². The summed E-state index contributed by atoms with van der Waals surface area (Å²) in [5.41, 5.74) is 0.0133. The normalized spacial score (nSPS) is 12.8. The van der Waals surface area contributed by atoms with Crippen molar-refractivity contribution in [3.8, 4) is 0 Å². The van der Waals surface area contributed by atoms with Gasteiger partial charge in [0.25, 0.3) is 0 Å². The van der Waals surface area contributed by atoms with Gasteiger partial charge in [0.05, 0.1) is 22.6 Å². The molecule has 0 radical (unpaired) electrons. The van der Waals surface area contributed by atoms with E-state index in [0.29, 0.717) is 0 Å². The summed E-state index contributed by atoms with van der Waals surface area (Å²) in [6.45, 7) is 1.18. The van der Waals surface area contributed by atoms with Gasteiger partial charge >= 0.3 is 11.9 Å². The van der Waals surface area contributed by atoms with Crippen molar-refractivity contribution in [2.24, 2.45) is 0 Å². The predicted molar refractivity (Wildman–Crippen MR) is 70.2 cm³/mol. The van der Waals surface area contributed by atoms with Crippen LogP contribution in [0.4, 0.5) is 0 Å². The lowest BCUT2D eigenvalue weighted by Gasteiger charge is -2.11. The summed E-state index contributed by atoms with van der Waals surface area (Å²) in [6, 6.07) is 2.08. The van der Waals surface area contributed by atoms with Gasteiger partial charge in [0.1, 0.15) is 6.04 Å². The van der Waals surface area contributed by atoms with Crippen LogP contribution in [0.5, 0.6) is 0 Å². The zero-order chi connectivity index (χ0) is 15.5. The Bertz CT molecular complexity index is 642. The minimum Gasteiger partial charge on any atom is -0.480 e. The van der Waals surface area contributed by atoms with Crippen molar-refractivity contribution >= 4 is 33.6 Å². The van der Waals surface area contributed by atoms with Crippen molar-refractivity contribution in [2.45, 2.75) is 17.9 Å². The van der Waals surface area contributed by atoms with Gasteiger partial charge in [-0.05, 0) is 25.1 Å². The van der Waals surface area contributed by atoms with E-state index in [9.17, 15) is 18.0 Å². The number of aliphatic carboxylic acids is 1. The topological polar surface area (TPSA) is 110 Å². The standard InChI is InChI=1S/C11H12ClNO6S/c1-6(10(14)15)13-20(17,18)7-3-4-8(9(12)5-7)11(16)19-2/h3-6,13H,1-2H3,(H,14,15)/t6-/m0/s1. The van der Waals surface area contributed by atoms with Crippen molar-refractivity contribution < 1.29 is 27.9 Å². The zero-order valence-electron chi connectivity index (χ0n) is 10.6. The van der Waals surface area contributed by atoms with Crippen molar-refractivity contribution in [3.63, 3.8) is 0 Å². The number of carbonyl (C=O) groups is 2. The molecule has 0 fully saturated rings. The SMILES string of the molecule is COC(=O)c1ccc(S(=O)(=O)N[C@@H](C)C(=O)O)cc1Cl. The number of halogens is 1. The molecule has 1 aromatic carbocycles. The summed E-state index contributed by atoms with van der Waals surface area (Å²) in [5.74, 6) is -2.02. The fraction of sp³-hybridized carbons (Fsp3) is 0.273. The molecule has 0 heterocycles. The molecular formula is C11H12ClNO6S. The molecule has 1 rings (SSSR count). The molecule has 0 saturated carbocycles. The second kappa shape index (κ2) is 6.21. The fourth-order valence-electron chi connectivity index (χ4n) is 1.29. The van der Waals surface area contributed by atoms with Crippen molar-refractivity contribution in [1.29, 1.82) is 0 Å². The van der Waals surface area contributed by atoms with Gasteiger partial charge in [-0.25, -0.2) is 13.2 Å². The predicted octanol–water partition coefficient (Wildman–Crippen LogP) is 0.878. The highest BCUT2D eigenvalue weighted by Gasteiger charge is 2.23. The highest BCUT2D eigenvalue weighted by Crippen LogP contribution is 2.21. The van der Waals surface area contributed by atoms with Crippen LogP contribution >= 0.6 is 11.6 Å². The quantitative estimate of drug-likeness (QED) is 0.779. The van der Waals surface area contributed by atoms with Gasteiger partial charge in [-0.1, -0.05) is 11.6 Å². The van der Waals surface area contributed by atoms with Gasteiger partial charge in [0.15, 0.2) is 0 Å². The largest absolute Gasteiger partial charge is 0.480 e. The van der Waals surface area contributed by atoms with Crippen molar-refractivity contribution in [2.75, 3.05) is 7.11 Å². The molecular weight excluding hydrogens is 310 g/mol. The van der Waals surface area contributed by atoms with E-state index in [1.54, 1.807) is 0 Å². The minimum atomic E-state index is -4.04. The number of carbonyl (C=O) groups excluding carboxylic acids is 1. The second-order valence-corrected chi connectivity index (χ2v) is 5.94. The molecule has 2 N–H and O–H groups in total. The number of esters is 1. The van der Waals surface area contributed by atoms with Crippen LogP contribution in [0.15, 0.2) is 23.1 Å². The van der Waals surface area contributed by atoms with Gasteiger partial charge in [-0.2, -0.15) is 4.72 Å². The lowest BCUT2D eigenvalue weighted by Crippen LogP contribution is -2.38. The molecule has 0 saturated heterocycles. The number of hydrogen-bond donors (Lipinski definition) is 2. The van der Waals surface area contributed by atoms with E-state index in [0.717, 1.165) is 12.1 Å². The Labute approximate surface area is 120 Å². The average molecular weight is 322 g/mol. The highest BCUT2D eigenvalue weighted by atomic mass is 35.5. The van der Waals surface area contributed by atoms with Gasteiger partial charge in [0.2, 0.25) is 10.0 Å². The van der Waals surface area contributed by atoms with Gasteiger partial charge in [-0.15, -0.1) is 0 Å². The summed E-state index contributed by atoms with van der Waals surface area (Å²) >= 11 is 5.80. The molecule has 0 aromatic heterocycles. The summed E-state index contributed by atoms with van der Waals surface area (Å²) in [6.07, 6.45) is 0. The van der Waals surface area contributed by atoms with Gasteiger partial charge in [0, 0.05) is 0 Å². The van der Waals surface area contributed by atoms with E-state index in [4.69, 9.17) is 16.7 Å². The molecule has 20 heavy (non-hydrogen) atoms. The summed E-state index contributed by atoms with van der Waals surface area (Å²) in [5, 5.41) is 8.57. The molecule has 9 heteroatoms. The van der Waals surface area contributed by atoms with Crippen LogP contribution in [0.25, 0.3) is 0 Å². The number of hydrogen-bond acceptors (Lipinski definition) is 5. The van der Waals surface area contributed by atoms with Crippen LogP contribution in [0.1, 0.15) is 17.3 Å². The number of sulfonamides is 1. The maximum Gasteiger partial charge on any atom is 0.339 e. The molecule has 0 aliphatic heterocycles. The number of rotatable bonds is 5. The smallest absolute Gasteiger partial charge is 0.339 e. The minimum absolute atomic E-state index is 0.0133. The first-order valence-corrected chi connectivity index (χ1v) is 7.18. The van der Waals surface area contributed by atoms with E-state index in [1.807, 2.05) is 4.72 Å². The van der Waals surface area contributed by atoms with Crippen molar-refractivity contribution in [3.05, 3.63) is 28.8 Å². The summed E-state index contributed by atoms with van der Waals surface area (Å²) in [4.78, 5) is 21.7. The number of carboxylic acid groups (broad SMARTS) is 1. The van der Waals surface area contributed by atoms with E-state index in [1.165, 1.54) is 20.1 Å². The van der Waals surface area contributed by atoms with E-state index >= 15 is 0 Å². The Morgan fingerprint density at radius 2 is 2.00 bits per heavy atom. The molecule has 1 aromatic rings. The maximum atomic E-state index is 11.9. The molecule has 7 nitrogen and oxygen atoms in total. The Morgan fingerprint density at radius 1 is 1.40 bits per heavy atom. The van der Waals surface area contributed by atoms with Crippen LogP contribution in [-0.4, -0.2) is 38.6 Å². The third kappa shape index (κ3) is 3.69. The Hall–Kier alpha value is -1.64. The Balaban J connectivity index is 3.12. The summed E-state index contributed by atoms with van der Waals surface area (Å²) < 4.78 is 30.2. The first kappa shape index (κ1) is 16.4. The third-order valence-corrected chi connectivity index (χ3v) is 4.21. The third-order valence-electron chi connectivity index (χ3n) is 2.36. The second-order valence-electron chi connectivity index (χ2n) is 3.81. The van der Waals surface area contributed by atoms with Crippen LogP contribution in [-0.2, 0) is 19.6 Å². The molecule has 0 aliphatic rings. The number of nitrogens with one attached hydrogen (secondary N) is 1. The molecule has 0 spiro atoms. The highest BCUT2D eigenvalue weighted by molar-refractivity contribution is 7.89. The summed E-state index contributed by atoms with van der Waals surface area (Å²) in [7, 11) is -2.88. The van der Waals surface area contributed by atoms with Gasteiger partial charge < -0.3 is 9.84 Å². The average Bonchev–Trinajstić information content (AvgIpc) is 2.37. The maximum absolute atomic E-state index is 11.9. The fourth-order valence-corrected chi connectivity index (χ4v) is 2.83. The van der Waals surface area contributed by atoms with Crippen LogP contribution < -0.4 is 4.72 Å². The molecule has 0 bridgehead atoms. The molecule has 0 unspecified atom stereocenters. The van der Waals surface area contributed by atoms with E-state index < -0.39 is 28.0 Å². The monoisotopic (exact) mass is 321 g/mol. The molecule has 110 valence electrons. The van der Waals surface area contributed by atoms with Crippen LogP contribution in [0.3, 0.4) is 0 Å². The first-order chi connectivity index (χ1) is 9.19. The molecule has 0 aliphatic carbocycles. The lowest BCUT2D eigenvalue weighted by molar-refractivity contribution is -0.138. The van der Waals surface area contributed by atoms with E-state index in [-0.39, 0.29) is 15.5 Å². The Morgan fingerprint density at radius 3 is 2.45 bits per heavy atom. The number of methoxy groups -OCH3 is 1.